The van der Waals surface area contributed by atoms with Crippen molar-refractivity contribution < 1.29 is 14.2 Å². The van der Waals surface area contributed by atoms with Gasteiger partial charge in [0, 0.05) is 7.11 Å². The van der Waals surface area contributed by atoms with Gasteiger partial charge in [-0.2, -0.15) is 0 Å². The standard InChI is InChI=1S/C14H26O3/c1-7-10-16-11-8-14(4,5)17-12-9-13(2,3)15-6/h1H,8-12H2,2-6H3. The number of hydrogen-bond donors (Lipinski definition) is 0. The molecule has 3 heteroatoms. The second-order valence-electron chi connectivity index (χ2n) is 5.33. The topological polar surface area (TPSA) is 27.7 Å². The molecule has 0 heterocycles. The maximum Gasteiger partial charge on any atom is 0.107 e. The minimum Gasteiger partial charge on any atom is -0.379 e. The summed E-state index contributed by atoms with van der Waals surface area (Å²) < 4.78 is 16.4. The van der Waals surface area contributed by atoms with Gasteiger partial charge in [0.2, 0.25) is 0 Å². The fourth-order valence-corrected chi connectivity index (χ4v) is 1.20. The Hall–Kier alpha value is -0.560. The summed E-state index contributed by atoms with van der Waals surface area (Å²) in [5.74, 6) is 2.45. The molecule has 0 saturated carbocycles. The third-order valence-electron chi connectivity index (χ3n) is 2.78. The summed E-state index contributed by atoms with van der Waals surface area (Å²) in [5.41, 5.74) is -0.311. The summed E-state index contributed by atoms with van der Waals surface area (Å²) in [6.07, 6.45) is 6.81. The quantitative estimate of drug-likeness (QED) is 0.459. The molecule has 0 unspecified atom stereocenters. The summed E-state index contributed by atoms with van der Waals surface area (Å²) >= 11 is 0. The molecule has 0 rings (SSSR count). The lowest BCUT2D eigenvalue weighted by Crippen LogP contribution is -2.31. The normalized spacial score (nSPS) is 12.5. The van der Waals surface area contributed by atoms with Crippen molar-refractivity contribution in [2.75, 3.05) is 26.9 Å². The number of rotatable bonds is 9. The number of ether oxygens (including phenoxy) is 3. The lowest BCUT2D eigenvalue weighted by atomic mass is 10.0. The van der Waals surface area contributed by atoms with Gasteiger partial charge in [-0.25, -0.2) is 0 Å². The molecule has 0 N–H and O–H groups in total. The second-order valence-corrected chi connectivity index (χ2v) is 5.33. The third-order valence-corrected chi connectivity index (χ3v) is 2.78. The Balaban J connectivity index is 3.74. The minimum absolute atomic E-state index is 0.129. The molecule has 0 aliphatic rings. The van der Waals surface area contributed by atoms with Crippen LogP contribution in [-0.2, 0) is 14.2 Å². The average molecular weight is 242 g/mol. The van der Waals surface area contributed by atoms with E-state index in [1.165, 1.54) is 0 Å². The van der Waals surface area contributed by atoms with E-state index in [0.29, 0.717) is 19.8 Å². The SMILES string of the molecule is C#CCOCCC(C)(C)OCCC(C)(C)OC. The van der Waals surface area contributed by atoms with E-state index in [1.807, 2.05) is 0 Å². The van der Waals surface area contributed by atoms with Crippen molar-refractivity contribution in [1.82, 2.24) is 0 Å². The van der Waals surface area contributed by atoms with Gasteiger partial charge >= 0.3 is 0 Å². The van der Waals surface area contributed by atoms with Gasteiger partial charge in [0.1, 0.15) is 6.61 Å². The van der Waals surface area contributed by atoms with Crippen LogP contribution >= 0.6 is 0 Å². The minimum atomic E-state index is -0.182. The van der Waals surface area contributed by atoms with Gasteiger partial charge in [0.15, 0.2) is 0 Å². The van der Waals surface area contributed by atoms with Crippen LogP contribution in [-0.4, -0.2) is 38.1 Å². The van der Waals surface area contributed by atoms with Crippen LogP contribution in [0.4, 0.5) is 0 Å². The zero-order valence-electron chi connectivity index (χ0n) is 11.8. The molecule has 0 atom stereocenters. The van der Waals surface area contributed by atoms with E-state index in [2.05, 4.69) is 33.6 Å². The maximum absolute atomic E-state index is 5.84. The Morgan fingerprint density at radius 1 is 1.00 bits per heavy atom. The van der Waals surface area contributed by atoms with E-state index < -0.39 is 0 Å². The van der Waals surface area contributed by atoms with Gasteiger partial charge in [-0.15, -0.1) is 6.42 Å². The van der Waals surface area contributed by atoms with E-state index in [1.54, 1.807) is 7.11 Å². The Kier molecular flexibility index (Phi) is 7.45. The largest absolute Gasteiger partial charge is 0.379 e. The fourth-order valence-electron chi connectivity index (χ4n) is 1.20. The van der Waals surface area contributed by atoms with Crippen LogP contribution in [0.3, 0.4) is 0 Å². The van der Waals surface area contributed by atoms with Crippen molar-refractivity contribution in [2.45, 2.75) is 51.7 Å². The van der Waals surface area contributed by atoms with E-state index in [0.717, 1.165) is 12.8 Å². The number of hydrogen-bond acceptors (Lipinski definition) is 3. The van der Waals surface area contributed by atoms with Crippen LogP contribution in [0.15, 0.2) is 0 Å². The molecule has 17 heavy (non-hydrogen) atoms. The zero-order valence-corrected chi connectivity index (χ0v) is 11.8. The molecule has 100 valence electrons. The lowest BCUT2D eigenvalue weighted by molar-refractivity contribution is -0.0686. The summed E-state index contributed by atoms with van der Waals surface area (Å²) in [7, 11) is 1.72. The molecule has 0 bridgehead atoms. The number of methoxy groups -OCH3 is 1. The smallest absolute Gasteiger partial charge is 0.107 e. The van der Waals surface area contributed by atoms with Gasteiger partial charge in [0.05, 0.1) is 24.4 Å². The van der Waals surface area contributed by atoms with Crippen LogP contribution in [0.25, 0.3) is 0 Å². The molecular formula is C14H26O3. The molecule has 0 fully saturated rings. The van der Waals surface area contributed by atoms with Crippen LogP contribution in [0.5, 0.6) is 0 Å². The van der Waals surface area contributed by atoms with Crippen LogP contribution < -0.4 is 0 Å². The monoisotopic (exact) mass is 242 g/mol. The van der Waals surface area contributed by atoms with Crippen molar-refractivity contribution in [2.24, 2.45) is 0 Å². The molecule has 3 nitrogen and oxygen atoms in total. The van der Waals surface area contributed by atoms with E-state index in [-0.39, 0.29) is 11.2 Å². The van der Waals surface area contributed by atoms with Crippen molar-refractivity contribution >= 4 is 0 Å². The molecule has 0 aliphatic heterocycles. The highest BCUT2D eigenvalue weighted by molar-refractivity contribution is 4.83. The van der Waals surface area contributed by atoms with Gasteiger partial charge < -0.3 is 14.2 Å². The lowest BCUT2D eigenvalue weighted by Gasteiger charge is -2.28. The predicted octanol–water partition coefficient (Wildman–Crippen LogP) is 2.64. The van der Waals surface area contributed by atoms with Crippen molar-refractivity contribution in [3.8, 4) is 12.3 Å². The average Bonchev–Trinajstić information content (AvgIpc) is 2.24. The Morgan fingerprint density at radius 3 is 2.12 bits per heavy atom. The Bertz CT molecular complexity index is 238. The first-order valence-corrected chi connectivity index (χ1v) is 6.03. The second kappa shape index (κ2) is 7.71. The van der Waals surface area contributed by atoms with Crippen LogP contribution in [0.1, 0.15) is 40.5 Å². The summed E-state index contributed by atoms with van der Waals surface area (Å²) in [6.45, 7) is 9.91. The molecule has 0 aromatic heterocycles. The summed E-state index contributed by atoms with van der Waals surface area (Å²) in [6, 6.07) is 0. The molecular weight excluding hydrogens is 216 g/mol. The zero-order chi connectivity index (χ0) is 13.4. The summed E-state index contributed by atoms with van der Waals surface area (Å²) in [4.78, 5) is 0. The highest BCUT2D eigenvalue weighted by Crippen LogP contribution is 2.18. The third kappa shape index (κ3) is 9.17. The van der Waals surface area contributed by atoms with Gasteiger partial charge in [0.25, 0.3) is 0 Å². The Labute approximate surface area is 106 Å². The molecule has 0 radical (unpaired) electrons. The first-order chi connectivity index (χ1) is 7.83. The first kappa shape index (κ1) is 16.4. The van der Waals surface area contributed by atoms with Crippen molar-refractivity contribution in [3.05, 3.63) is 0 Å². The van der Waals surface area contributed by atoms with E-state index >= 15 is 0 Å². The molecule has 0 amide bonds. The van der Waals surface area contributed by atoms with Gasteiger partial charge in [-0.1, -0.05) is 5.92 Å². The van der Waals surface area contributed by atoms with E-state index in [9.17, 15) is 0 Å². The highest BCUT2D eigenvalue weighted by Gasteiger charge is 2.21. The predicted molar refractivity (Wildman–Crippen MR) is 70.0 cm³/mol. The van der Waals surface area contributed by atoms with Crippen molar-refractivity contribution in [3.63, 3.8) is 0 Å². The highest BCUT2D eigenvalue weighted by atomic mass is 16.5. The fraction of sp³-hybridized carbons (Fsp3) is 0.857. The summed E-state index contributed by atoms with van der Waals surface area (Å²) in [5, 5.41) is 0. The molecule has 0 saturated heterocycles. The van der Waals surface area contributed by atoms with Crippen LogP contribution in [0, 0.1) is 12.3 Å². The molecule has 0 aromatic rings. The van der Waals surface area contributed by atoms with Gasteiger partial charge in [-0.05, 0) is 40.5 Å². The molecule has 0 spiro atoms. The van der Waals surface area contributed by atoms with Crippen LogP contribution in [0.2, 0.25) is 0 Å². The molecule has 0 aliphatic carbocycles. The maximum atomic E-state index is 5.84. The first-order valence-electron chi connectivity index (χ1n) is 6.03. The van der Waals surface area contributed by atoms with E-state index in [4.69, 9.17) is 20.6 Å². The molecule has 0 aromatic carbocycles. The number of terminal acetylenes is 1. The van der Waals surface area contributed by atoms with Gasteiger partial charge in [-0.3, -0.25) is 0 Å². The van der Waals surface area contributed by atoms with Crippen molar-refractivity contribution in [1.29, 1.82) is 0 Å². The Morgan fingerprint density at radius 2 is 1.59 bits per heavy atom.